The second-order valence-electron chi connectivity index (χ2n) is 6.35. The van der Waals surface area contributed by atoms with E-state index in [1.54, 1.807) is 19.1 Å². The highest BCUT2D eigenvalue weighted by Crippen LogP contribution is 2.17. The third-order valence-corrected chi connectivity index (χ3v) is 3.22. The molecular formula is C17H28N2O3. The lowest BCUT2D eigenvalue weighted by Crippen LogP contribution is -2.38. The maximum Gasteiger partial charge on any atom is 0.410 e. The molecule has 0 saturated carbocycles. The average Bonchev–Trinajstić information content (AvgIpc) is 2.45. The Morgan fingerprint density at radius 2 is 1.86 bits per heavy atom. The highest BCUT2D eigenvalue weighted by molar-refractivity contribution is 5.67. The quantitative estimate of drug-likeness (QED) is 0.876. The van der Waals surface area contributed by atoms with Gasteiger partial charge >= 0.3 is 6.09 Å². The van der Waals surface area contributed by atoms with Crippen molar-refractivity contribution in [2.24, 2.45) is 0 Å². The Bertz CT molecular complexity index is 466. The molecule has 0 aliphatic carbocycles. The predicted molar refractivity (Wildman–Crippen MR) is 88.3 cm³/mol. The van der Waals surface area contributed by atoms with Crippen LogP contribution in [0.4, 0.5) is 4.79 Å². The van der Waals surface area contributed by atoms with Gasteiger partial charge in [-0.25, -0.2) is 4.79 Å². The first kappa shape index (κ1) is 18.3. The topological polar surface area (TPSA) is 50.8 Å². The fourth-order valence-corrected chi connectivity index (χ4v) is 1.89. The fourth-order valence-electron chi connectivity index (χ4n) is 1.89. The number of hydrogen-bond acceptors (Lipinski definition) is 4. The zero-order valence-electron chi connectivity index (χ0n) is 14.5. The van der Waals surface area contributed by atoms with Crippen LogP contribution in [-0.4, -0.2) is 43.8 Å². The summed E-state index contributed by atoms with van der Waals surface area (Å²) in [5.41, 5.74) is 0.718. The van der Waals surface area contributed by atoms with Crippen LogP contribution in [-0.2, 0) is 4.74 Å². The van der Waals surface area contributed by atoms with Crippen molar-refractivity contribution in [3.05, 3.63) is 29.8 Å². The minimum atomic E-state index is -0.463. The van der Waals surface area contributed by atoms with Gasteiger partial charge in [0.2, 0.25) is 0 Å². The molecule has 5 nitrogen and oxygen atoms in total. The zero-order chi connectivity index (χ0) is 16.8. The van der Waals surface area contributed by atoms with Crippen molar-refractivity contribution in [3.63, 3.8) is 0 Å². The smallest absolute Gasteiger partial charge is 0.410 e. The van der Waals surface area contributed by atoms with Crippen LogP contribution >= 0.6 is 0 Å². The van der Waals surface area contributed by atoms with Crippen molar-refractivity contribution in [2.75, 3.05) is 27.2 Å². The van der Waals surface area contributed by atoms with Gasteiger partial charge in [-0.05, 0) is 45.4 Å². The molecule has 124 valence electrons. The second-order valence-corrected chi connectivity index (χ2v) is 6.35. The maximum atomic E-state index is 11.8. The summed E-state index contributed by atoms with van der Waals surface area (Å²) >= 11 is 0. The Kier molecular flexibility index (Phi) is 6.68. The molecule has 0 radical (unpaired) electrons. The normalized spacial score (nSPS) is 12.6. The van der Waals surface area contributed by atoms with Crippen LogP contribution in [0.1, 0.15) is 39.3 Å². The molecule has 1 amide bonds. The first-order valence-corrected chi connectivity index (χ1v) is 7.54. The highest BCUT2D eigenvalue weighted by Gasteiger charge is 2.19. The number of rotatable bonds is 6. The van der Waals surface area contributed by atoms with Crippen LogP contribution < -0.4 is 10.1 Å². The molecule has 1 aromatic carbocycles. The number of carbonyl (C=O) groups excluding carboxylic acids is 1. The monoisotopic (exact) mass is 308 g/mol. The van der Waals surface area contributed by atoms with E-state index in [-0.39, 0.29) is 12.1 Å². The summed E-state index contributed by atoms with van der Waals surface area (Å²) in [6.07, 6.45) is -0.300. The van der Waals surface area contributed by atoms with E-state index in [1.807, 2.05) is 45.0 Å². The Labute approximate surface area is 133 Å². The molecule has 1 atom stereocenters. The molecule has 5 heteroatoms. The first-order chi connectivity index (χ1) is 10.2. The van der Waals surface area contributed by atoms with Crippen molar-refractivity contribution >= 4 is 6.09 Å². The summed E-state index contributed by atoms with van der Waals surface area (Å²) in [4.78, 5) is 13.4. The number of methoxy groups -OCH3 is 1. The average molecular weight is 308 g/mol. The van der Waals surface area contributed by atoms with Crippen LogP contribution in [0.5, 0.6) is 5.75 Å². The number of amides is 1. The molecule has 1 aromatic rings. The van der Waals surface area contributed by atoms with Crippen LogP contribution in [0.15, 0.2) is 24.3 Å². The van der Waals surface area contributed by atoms with E-state index in [4.69, 9.17) is 9.47 Å². The molecule has 0 fully saturated rings. The Balaban J connectivity index is 2.37. The van der Waals surface area contributed by atoms with Crippen molar-refractivity contribution in [2.45, 2.75) is 39.3 Å². The van der Waals surface area contributed by atoms with Gasteiger partial charge in [0, 0.05) is 26.2 Å². The minimum absolute atomic E-state index is 0.206. The lowest BCUT2D eigenvalue weighted by molar-refractivity contribution is 0.0299. The molecule has 0 aromatic heterocycles. The van der Waals surface area contributed by atoms with Crippen LogP contribution in [0.3, 0.4) is 0 Å². The predicted octanol–water partition coefficient (Wildman–Crippen LogP) is 3.21. The summed E-state index contributed by atoms with van der Waals surface area (Å²) in [5.74, 6) is 0.848. The lowest BCUT2D eigenvalue weighted by Gasteiger charge is -2.25. The first-order valence-electron chi connectivity index (χ1n) is 7.54. The van der Waals surface area contributed by atoms with Crippen LogP contribution in [0.25, 0.3) is 0 Å². The number of nitrogens with one attached hydrogen (secondary N) is 1. The molecule has 0 aliphatic rings. The number of carbonyl (C=O) groups is 1. The Morgan fingerprint density at radius 3 is 2.36 bits per heavy atom. The molecule has 0 spiro atoms. The summed E-state index contributed by atoms with van der Waals surface area (Å²) in [6, 6.07) is 8.17. The van der Waals surface area contributed by atoms with E-state index in [0.29, 0.717) is 13.1 Å². The summed E-state index contributed by atoms with van der Waals surface area (Å²) in [7, 11) is 3.40. The number of hydrogen-bond donors (Lipinski definition) is 1. The molecule has 1 rings (SSSR count). The number of likely N-dealkylation sites (N-methyl/N-ethyl adjacent to an activating group) is 1. The number of nitrogens with zero attached hydrogens (tertiary/aromatic N) is 1. The summed E-state index contributed by atoms with van der Waals surface area (Å²) in [6.45, 7) is 8.97. The standard InChI is InChI=1S/C17H28N2O3/c1-13(14-7-9-15(21-6)10-8-14)18-11-12-19(5)16(20)22-17(2,3)4/h7-10,13,18H,11-12H2,1-6H3. The minimum Gasteiger partial charge on any atom is -0.497 e. The molecule has 0 heterocycles. The molecule has 0 aliphatic heterocycles. The van der Waals surface area contributed by atoms with E-state index in [1.165, 1.54) is 5.56 Å². The number of ether oxygens (including phenoxy) is 2. The summed E-state index contributed by atoms with van der Waals surface area (Å²) < 4.78 is 10.5. The zero-order valence-corrected chi connectivity index (χ0v) is 14.5. The third-order valence-electron chi connectivity index (χ3n) is 3.22. The SMILES string of the molecule is COc1ccc(C(C)NCCN(C)C(=O)OC(C)(C)C)cc1. The van der Waals surface area contributed by atoms with E-state index in [0.717, 1.165) is 5.75 Å². The molecule has 1 unspecified atom stereocenters. The highest BCUT2D eigenvalue weighted by atomic mass is 16.6. The van der Waals surface area contributed by atoms with E-state index in [2.05, 4.69) is 12.2 Å². The van der Waals surface area contributed by atoms with Crippen molar-refractivity contribution in [3.8, 4) is 5.75 Å². The third kappa shape index (κ3) is 6.35. The van der Waals surface area contributed by atoms with Crippen molar-refractivity contribution in [1.29, 1.82) is 0 Å². The number of benzene rings is 1. The van der Waals surface area contributed by atoms with Gasteiger partial charge in [-0.2, -0.15) is 0 Å². The second kappa shape index (κ2) is 8.03. The van der Waals surface area contributed by atoms with Crippen LogP contribution in [0.2, 0.25) is 0 Å². The van der Waals surface area contributed by atoms with E-state index in [9.17, 15) is 4.79 Å². The largest absolute Gasteiger partial charge is 0.497 e. The Morgan fingerprint density at radius 1 is 1.27 bits per heavy atom. The van der Waals surface area contributed by atoms with Gasteiger partial charge in [-0.1, -0.05) is 12.1 Å². The maximum absolute atomic E-state index is 11.8. The molecule has 22 heavy (non-hydrogen) atoms. The van der Waals surface area contributed by atoms with Crippen molar-refractivity contribution in [1.82, 2.24) is 10.2 Å². The van der Waals surface area contributed by atoms with Gasteiger partial charge in [0.25, 0.3) is 0 Å². The van der Waals surface area contributed by atoms with E-state index >= 15 is 0 Å². The van der Waals surface area contributed by atoms with Gasteiger partial charge in [0.15, 0.2) is 0 Å². The lowest BCUT2D eigenvalue weighted by atomic mass is 10.1. The van der Waals surface area contributed by atoms with Crippen LogP contribution in [0, 0.1) is 0 Å². The van der Waals surface area contributed by atoms with Gasteiger partial charge in [0.05, 0.1) is 7.11 Å². The van der Waals surface area contributed by atoms with Gasteiger partial charge in [-0.3, -0.25) is 0 Å². The molecular weight excluding hydrogens is 280 g/mol. The van der Waals surface area contributed by atoms with E-state index < -0.39 is 5.60 Å². The summed E-state index contributed by atoms with van der Waals surface area (Å²) in [5, 5.41) is 3.39. The van der Waals surface area contributed by atoms with Crippen molar-refractivity contribution < 1.29 is 14.3 Å². The molecule has 0 bridgehead atoms. The van der Waals surface area contributed by atoms with Gasteiger partial charge in [0.1, 0.15) is 11.4 Å². The van der Waals surface area contributed by atoms with Gasteiger partial charge < -0.3 is 19.7 Å². The fraction of sp³-hybridized carbons (Fsp3) is 0.588. The molecule has 0 saturated heterocycles. The molecule has 1 N–H and O–H groups in total. The van der Waals surface area contributed by atoms with Gasteiger partial charge in [-0.15, -0.1) is 0 Å². The Hall–Kier alpha value is -1.75.